The van der Waals surface area contributed by atoms with Crippen LogP contribution in [-0.4, -0.2) is 24.8 Å². The quantitative estimate of drug-likeness (QED) is 0.575. The molecule has 3 nitrogen and oxygen atoms in total. The van der Waals surface area contributed by atoms with E-state index in [1.165, 1.54) is 22.6 Å². The normalized spacial score (nSPS) is 20.3. The predicted octanol–water partition coefficient (Wildman–Crippen LogP) is 5.68. The maximum Gasteiger partial charge on any atom is 0.151 e. The lowest BCUT2D eigenvalue weighted by Crippen LogP contribution is -2.37. The lowest BCUT2D eigenvalue weighted by Gasteiger charge is -2.26. The van der Waals surface area contributed by atoms with E-state index in [-0.39, 0.29) is 6.23 Å². The Bertz CT molecular complexity index is 725. The highest BCUT2D eigenvalue weighted by atomic mass is 32.2. The second kappa shape index (κ2) is 10.3. The Hall–Kier alpha value is -1.30. The summed E-state index contributed by atoms with van der Waals surface area (Å²) < 4.78 is 11.6. The maximum atomic E-state index is 6.43. The van der Waals surface area contributed by atoms with E-state index in [4.69, 9.17) is 15.2 Å². The maximum absolute atomic E-state index is 6.43. The third-order valence-electron chi connectivity index (χ3n) is 4.91. The number of fused-ring (bicyclic) bond motifs is 1. The van der Waals surface area contributed by atoms with Gasteiger partial charge in [-0.3, -0.25) is 5.73 Å². The van der Waals surface area contributed by atoms with E-state index >= 15 is 0 Å². The van der Waals surface area contributed by atoms with Crippen LogP contribution in [0.15, 0.2) is 58.3 Å². The van der Waals surface area contributed by atoms with E-state index in [1.807, 2.05) is 47.8 Å². The van der Waals surface area contributed by atoms with Crippen molar-refractivity contribution in [1.82, 2.24) is 0 Å². The van der Waals surface area contributed by atoms with Crippen molar-refractivity contribution < 1.29 is 9.47 Å². The number of ether oxygens (including phenoxy) is 2. The lowest BCUT2D eigenvalue weighted by molar-refractivity contribution is 0.135. The molecular formula is C22H29NO2S2. The summed E-state index contributed by atoms with van der Waals surface area (Å²) >= 11 is 3.76. The molecule has 0 bridgehead atoms. The number of thioether (sulfide) groups is 2. The Morgan fingerprint density at radius 1 is 1.22 bits per heavy atom. The first-order valence-corrected chi connectivity index (χ1v) is 11.6. The number of para-hydroxylation sites is 2. The van der Waals surface area contributed by atoms with Gasteiger partial charge in [0.15, 0.2) is 6.23 Å². The fourth-order valence-corrected chi connectivity index (χ4v) is 5.79. The van der Waals surface area contributed by atoms with E-state index in [9.17, 15) is 0 Å². The number of hydrogen-bond acceptors (Lipinski definition) is 5. The smallest absolute Gasteiger partial charge is 0.151 e. The van der Waals surface area contributed by atoms with Crippen molar-refractivity contribution in [3.8, 4) is 11.5 Å². The second-order valence-corrected chi connectivity index (χ2v) is 9.08. The van der Waals surface area contributed by atoms with Gasteiger partial charge in [-0.1, -0.05) is 37.6 Å². The standard InChI is InChI=1S/C22H29NO2S2/c1-3-8-16(14-26-20-11-6-4-9-18(20)24-2)13-17-15-27-21-12-7-5-10-19(21)25-22(17)23/h4-7,9-12,16-17,22H,3,8,13-15,23H2,1-2H3. The molecule has 0 radical (unpaired) electrons. The summed E-state index contributed by atoms with van der Waals surface area (Å²) in [5.74, 6) is 4.95. The van der Waals surface area contributed by atoms with Gasteiger partial charge in [0.25, 0.3) is 0 Å². The molecular weight excluding hydrogens is 374 g/mol. The summed E-state index contributed by atoms with van der Waals surface area (Å²) in [5, 5.41) is 0. The summed E-state index contributed by atoms with van der Waals surface area (Å²) in [4.78, 5) is 2.41. The van der Waals surface area contributed by atoms with Crippen molar-refractivity contribution >= 4 is 23.5 Å². The highest BCUT2D eigenvalue weighted by molar-refractivity contribution is 7.99. The molecule has 3 unspecified atom stereocenters. The van der Waals surface area contributed by atoms with Gasteiger partial charge in [-0.05, 0) is 43.0 Å². The van der Waals surface area contributed by atoms with Crippen LogP contribution in [0.4, 0.5) is 0 Å². The van der Waals surface area contributed by atoms with Gasteiger partial charge in [-0.25, -0.2) is 0 Å². The van der Waals surface area contributed by atoms with Crippen LogP contribution in [0.2, 0.25) is 0 Å². The van der Waals surface area contributed by atoms with Gasteiger partial charge < -0.3 is 9.47 Å². The Kier molecular flexibility index (Phi) is 7.80. The average molecular weight is 404 g/mol. The van der Waals surface area contributed by atoms with Crippen molar-refractivity contribution in [3.05, 3.63) is 48.5 Å². The molecule has 146 valence electrons. The largest absolute Gasteiger partial charge is 0.496 e. The van der Waals surface area contributed by atoms with Crippen LogP contribution < -0.4 is 15.2 Å². The summed E-state index contributed by atoms with van der Waals surface area (Å²) in [5.41, 5.74) is 6.43. The van der Waals surface area contributed by atoms with E-state index < -0.39 is 0 Å². The van der Waals surface area contributed by atoms with Crippen molar-refractivity contribution in [2.45, 2.75) is 42.2 Å². The minimum Gasteiger partial charge on any atom is -0.496 e. The number of methoxy groups -OCH3 is 1. The van der Waals surface area contributed by atoms with Crippen LogP contribution in [0.1, 0.15) is 26.2 Å². The molecule has 1 aliphatic heterocycles. The van der Waals surface area contributed by atoms with Crippen LogP contribution in [0, 0.1) is 11.8 Å². The Morgan fingerprint density at radius 3 is 2.81 bits per heavy atom. The van der Waals surface area contributed by atoms with Gasteiger partial charge in [0.05, 0.1) is 7.11 Å². The fourth-order valence-electron chi connectivity index (χ4n) is 3.45. The van der Waals surface area contributed by atoms with Crippen LogP contribution in [0.25, 0.3) is 0 Å². The van der Waals surface area contributed by atoms with Crippen LogP contribution in [-0.2, 0) is 0 Å². The zero-order valence-corrected chi connectivity index (χ0v) is 17.7. The SMILES string of the molecule is CCCC(CSc1ccccc1OC)CC1CSc2ccccc2OC1N. The van der Waals surface area contributed by atoms with Gasteiger partial charge in [-0.15, -0.1) is 23.5 Å². The minimum absolute atomic E-state index is 0.239. The number of nitrogens with two attached hydrogens (primary N) is 1. The monoisotopic (exact) mass is 403 g/mol. The van der Waals surface area contributed by atoms with Gasteiger partial charge in [0.2, 0.25) is 0 Å². The highest BCUT2D eigenvalue weighted by Crippen LogP contribution is 2.38. The third-order valence-corrected chi connectivity index (χ3v) is 7.44. The molecule has 3 atom stereocenters. The second-order valence-electron chi connectivity index (χ2n) is 6.95. The first-order valence-electron chi connectivity index (χ1n) is 9.61. The molecule has 3 rings (SSSR count). The van der Waals surface area contributed by atoms with Gasteiger partial charge >= 0.3 is 0 Å². The molecule has 0 aliphatic carbocycles. The highest BCUT2D eigenvalue weighted by Gasteiger charge is 2.27. The molecule has 0 saturated carbocycles. The van der Waals surface area contributed by atoms with Crippen molar-refractivity contribution in [2.75, 3.05) is 18.6 Å². The number of benzene rings is 2. The van der Waals surface area contributed by atoms with Gasteiger partial charge in [-0.2, -0.15) is 0 Å². The predicted molar refractivity (Wildman–Crippen MR) is 116 cm³/mol. The minimum atomic E-state index is -0.239. The first-order chi connectivity index (χ1) is 13.2. The Balaban J connectivity index is 1.62. The van der Waals surface area contributed by atoms with Crippen molar-refractivity contribution in [1.29, 1.82) is 0 Å². The zero-order valence-electron chi connectivity index (χ0n) is 16.1. The summed E-state index contributed by atoms with van der Waals surface area (Å²) in [6.07, 6.45) is 3.26. The van der Waals surface area contributed by atoms with E-state index in [0.717, 1.165) is 29.4 Å². The van der Waals surface area contributed by atoms with Gasteiger partial charge in [0.1, 0.15) is 11.5 Å². The fraction of sp³-hybridized carbons (Fsp3) is 0.455. The molecule has 5 heteroatoms. The molecule has 2 aromatic carbocycles. The molecule has 0 aromatic heterocycles. The molecule has 2 aromatic rings. The first kappa shape index (κ1) is 20.4. The Labute approximate surface area is 171 Å². The molecule has 1 heterocycles. The number of hydrogen-bond donors (Lipinski definition) is 1. The summed E-state index contributed by atoms with van der Waals surface area (Å²) in [7, 11) is 1.74. The topological polar surface area (TPSA) is 44.5 Å². The van der Waals surface area contributed by atoms with Crippen molar-refractivity contribution in [3.63, 3.8) is 0 Å². The molecule has 2 N–H and O–H groups in total. The van der Waals surface area contributed by atoms with Crippen molar-refractivity contribution in [2.24, 2.45) is 17.6 Å². The Morgan fingerprint density at radius 2 is 2.00 bits per heavy atom. The summed E-state index contributed by atoms with van der Waals surface area (Å²) in [6.45, 7) is 2.26. The van der Waals surface area contributed by atoms with Crippen LogP contribution >= 0.6 is 23.5 Å². The van der Waals surface area contributed by atoms with Crippen LogP contribution in [0.5, 0.6) is 11.5 Å². The van der Waals surface area contributed by atoms with E-state index in [2.05, 4.69) is 31.2 Å². The average Bonchev–Trinajstić information content (AvgIpc) is 2.85. The zero-order chi connectivity index (χ0) is 19.1. The number of rotatable bonds is 8. The van der Waals surface area contributed by atoms with E-state index in [1.54, 1.807) is 7.11 Å². The lowest BCUT2D eigenvalue weighted by atomic mass is 9.92. The molecule has 0 saturated heterocycles. The molecule has 1 aliphatic rings. The van der Waals surface area contributed by atoms with E-state index in [0.29, 0.717) is 11.8 Å². The van der Waals surface area contributed by atoms with Crippen LogP contribution in [0.3, 0.4) is 0 Å². The summed E-state index contributed by atoms with van der Waals surface area (Å²) in [6, 6.07) is 16.5. The molecule has 27 heavy (non-hydrogen) atoms. The molecule has 0 fully saturated rings. The molecule has 0 amide bonds. The molecule has 0 spiro atoms. The van der Waals surface area contributed by atoms with Gasteiger partial charge in [0, 0.05) is 27.2 Å². The third kappa shape index (κ3) is 5.59.